The lowest BCUT2D eigenvalue weighted by Crippen LogP contribution is -2.31. The van der Waals surface area contributed by atoms with Crippen LogP contribution < -0.4 is 19.7 Å². The van der Waals surface area contributed by atoms with Gasteiger partial charge in [-0.25, -0.2) is 4.98 Å². The lowest BCUT2D eigenvalue weighted by molar-refractivity contribution is -0.117. The summed E-state index contributed by atoms with van der Waals surface area (Å²) in [4.78, 5) is 19.0. The second-order valence-corrected chi connectivity index (χ2v) is 8.35. The Kier molecular flexibility index (Phi) is 3.77. The molecule has 1 N–H and O–H groups in total. The lowest BCUT2D eigenvalue weighted by Gasteiger charge is -2.25. The molecule has 3 aromatic rings. The monoisotopic (exact) mass is 405 g/mol. The number of anilines is 3. The van der Waals surface area contributed by atoms with Crippen LogP contribution in [0.15, 0.2) is 35.7 Å². The van der Waals surface area contributed by atoms with Crippen LogP contribution in [0, 0.1) is 0 Å². The average Bonchev–Trinajstić information content (AvgIpc) is 3.34. The molecule has 6 nitrogen and oxygen atoms in total. The van der Waals surface area contributed by atoms with Gasteiger partial charge in [0.25, 0.3) is 0 Å². The molecule has 1 amide bonds. The minimum absolute atomic E-state index is 0.220. The summed E-state index contributed by atoms with van der Waals surface area (Å²) in [6.07, 6.45) is 2.55. The number of hydrogen-bond acceptors (Lipinski definition) is 6. The van der Waals surface area contributed by atoms with Gasteiger partial charge in [-0.3, -0.25) is 4.79 Å². The molecule has 4 heterocycles. The summed E-state index contributed by atoms with van der Waals surface area (Å²) in [5, 5.41) is 6.24. The van der Waals surface area contributed by atoms with Crippen molar-refractivity contribution in [3.05, 3.63) is 46.8 Å². The predicted octanol–water partition coefficient (Wildman–Crippen LogP) is 4.16. The highest BCUT2D eigenvalue weighted by Crippen LogP contribution is 2.40. The fourth-order valence-corrected chi connectivity index (χ4v) is 5.08. The molecule has 6 rings (SSSR count). The van der Waals surface area contributed by atoms with Crippen molar-refractivity contribution in [2.75, 3.05) is 30.0 Å². The van der Waals surface area contributed by atoms with E-state index in [1.807, 2.05) is 23.1 Å². The Hall–Kier alpha value is -3.06. The van der Waals surface area contributed by atoms with Gasteiger partial charge in [0, 0.05) is 29.2 Å². The second kappa shape index (κ2) is 6.49. The first-order chi connectivity index (χ1) is 14.2. The Balaban J connectivity index is 1.29. The number of thiazole rings is 1. The highest BCUT2D eigenvalue weighted by molar-refractivity contribution is 7.14. The number of rotatable bonds is 3. The Labute approximate surface area is 172 Å². The van der Waals surface area contributed by atoms with Gasteiger partial charge in [-0.1, -0.05) is 0 Å². The molecule has 1 aromatic heterocycles. The minimum Gasteiger partial charge on any atom is -0.486 e. The lowest BCUT2D eigenvalue weighted by atomic mass is 9.96. The van der Waals surface area contributed by atoms with Crippen LogP contribution in [0.1, 0.15) is 17.5 Å². The van der Waals surface area contributed by atoms with E-state index in [0.717, 1.165) is 64.2 Å². The van der Waals surface area contributed by atoms with Crippen molar-refractivity contribution in [2.45, 2.75) is 19.3 Å². The number of fused-ring (bicyclic) bond motifs is 1. The molecule has 0 unspecified atom stereocenters. The molecule has 0 saturated carbocycles. The number of nitrogens with zero attached hydrogens (tertiary/aromatic N) is 2. The Morgan fingerprint density at radius 3 is 2.86 bits per heavy atom. The summed E-state index contributed by atoms with van der Waals surface area (Å²) in [6, 6.07) is 10.2. The van der Waals surface area contributed by atoms with E-state index in [1.54, 1.807) is 11.3 Å². The minimum atomic E-state index is 0.220. The van der Waals surface area contributed by atoms with Gasteiger partial charge in [0.15, 0.2) is 16.6 Å². The Morgan fingerprint density at radius 1 is 1.07 bits per heavy atom. The number of ether oxygens (including phenoxy) is 2. The molecule has 0 fully saturated rings. The highest BCUT2D eigenvalue weighted by atomic mass is 32.1. The molecule has 3 aliphatic heterocycles. The Bertz CT molecular complexity index is 1140. The summed E-state index contributed by atoms with van der Waals surface area (Å²) in [6.45, 7) is 2.00. The molecule has 0 bridgehead atoms. The quantitative estimate of drug-likeness (QED) is 0.709. The molecule has 2 aromatic carbocycles. The van der Waals surface area contributed by atoms with Crippen LogP contribution in [-0.2, 0) is 17.6 Å². The summed E-state index contributed by atoms with van der Waals surface area (Å²) in [7, 11) is 0. The fourth-order valence-electron chi connectivity index (χ4n) is 4.34. The molecule has 0 saturated heterocycles. The normalized spacial score (nSPS) is 16.7. The highest BCUT2D eigenvalue weighted by Gasteiger charge is 2.32. The number of benzene rings is 2. The van der Waals surface area contributed by atoms with E-state index in [2.05, 4.69) is 22.8 Å². The van der Waals surface area contributed by atoms with Crippen molar-refractivity contribution in [3.8, 4) is 22.8 Å². The van der Waals surface area contributed by atoms with Crippen LogP contribution in [0.25, 0.3) is 11.3 Å². The molecular formula is C22H19N3O3S. The maximum absolute atomic E-state index is 12.3. The van der Waals surface area contributed by atoms with Crippen molar-refractivity contribution in [3.63, 3.8) is 0 Å². The first-order valence-electron chi connectivity index (χ1n) is 9.83. The van der Waals surface area contributed by atoms with Gasteiger partial charge in [0.2, 0.25) is 5.91 Å². The van der Waals surface area contributed by atoms with Gasteiger partial charge in [-0.05, 0) is 48.2 Å². The van der Waals surface area contributed by atoms with E-state index >= 15 is 0 Å². The van der Waals surface area contributed by atoms with Gasteiger partial charge in [0.05, 0.1) is 17.8 Å². The third-order valence-electron chi connectivity index (χ3n) is 5.60. The van der Waals surface area contributed by atoms with Crippen molar-refractivity contribution in [2.24, 2.45) is 0 Å². The first-order valence-corrected chi connectivity index (χ1v) is 10.7. The van der Waals surface area contributed by atoms with Gasteiger partial charge in [0.1, 0.15) is 13.2 Å². The van der Waals surface area contributed by atoms with Gasteiger partial charge < -0.3 is 19.7 Å². The molecule has 0 aliphatic carbocycles. The third kappa shape index (κ3) is 2.84. The zero-order valence-electron chi connectivity index (χ0n) is 15.7. The number of hydrogen-bond donors (Lipinski definition) is 1. The molecule has 0 atom stereocenters. The van der Waals surface area contributed by atoms with E-state index in [-0.39, 0.29) is 5.91 Å². The summed E-state index contributed by atoms with van der Waals surface area (Å²) in [5.41, 5.74) is 6.49. The second-order valence-electron chi connectivity index (χ2n) is 7.49. The molecule has 7 heteroatoms. The van der Waals surface area contributed by atoms with Crippen molar-refractivity contribution >= 4 is 33.8 Å². The number of amides is 1. The maximum atomic E-state index is 12.3. The SMILES string of the molecule is O=C1Cc2cc(-c3csc(Nc4ccc5c(c4)OCCO5)n3)cc3c2N1CCC3. The van der Waals surface area contributed by atoms with Gasteiger partial charge >= 0.3 is 0 Å². The number of aryl methyl sites for hydroxylation is 1. The third-order valence-corrected chi connectivity index (χ3v) is 6.36. The summed E-state index contributed by atoms with van der Waals surface area (Å²) >= 11 is 1.57. The molecule has 146 valence electrons. The molecule has 3 aliphatic rings. The number of carbonyl (C=O) groups excluding carboxylic acids is 1. The van der Waals surface area contributed by atoms with Crippen LogP contribution in [-0.4, -0.2) is 30.6 Å². The van der Waals surface area contributed by atoms with Crippen molar-refractivity contribution in [1.82, 2.24) is 4.98 Å². The number of carbonyl (C=O) groups is 1. The van der Waals surface area contributed by atoms with E-state index in [9.17, 15) is 4.79 Å². The van der Waals surface area contributed by atoms with Gasteiger partial charge in [-0.2, -0.15) is 0 Å². The van der Waals surface area contributed by atoms with Crippen LogP contribution in [0.5, 0.6) is 11.5 Å². The topological polar surface area (TPSA) is 63.7 Å². The van der Waals surface area contributed by atoms with Crippen LogP contribution in [0.4, 0.5) is 16.5 Å². The molecule has 0 radical (unpaired) electrons. The summed E-state index contributed by atoms with van der Waals surface area (Å²) in [5.74, 6) is 1.75. The van der Waals surface area contributed by atoms with E-state index in [4.69, 9.17) is 14.5 Å². The van der Waals surface area contributed by atoms with E-state index in [1.165, 1.54) is 5.56 Å². The largest absolute Gasteiger partial charge is 0.486 e. The van der Waals surface area contributed by atoms with Crippen LogP contribution >= 0.6 is 11.3 Å². The smallest absolute Gasteiger partial charge is 0.231 e. The zero-order chi connectivity index (χ0) is 19.4. The predicted molar refractivity (Wildman–Crippen MR) is 113 cm³/mol. The zero-order valence-corrected chi connectivity index (χ0v) is 16.6. The molecular weight excluding hydrogens is 386 g/mol. The number of nitrogens with one attached hydrogen (secondary N) is 1. The van der Waals surface area contributed by atoms with Crippen molar-refractivity contribution < 1.29 is 14.3 Å². The maximum Gasteiger partial charge on any atom is 0.231 e. The fraction of sp³-hybridized carbons (Fsp3) is 0.273. The average molecular weight is 405 g/mol. The Morgan fingerprint density at radius 2 is 1.93 bits per heavy atom. The van der Waals surface area contributed by atoms with Crippen LogP contribution in [0.3, 0.4) is 0 Å². The van der Waals surface area contributed by atoms with Gasteiger partial charge in [-0.15, -0.1) is 11.3 Å². The van der Waals surface area contributed by atoms with Crippen molar-refractivity contribution in [1.29, 1.82) is 0 Å². The van der Waals surface area contributed by atoms with Crippen LogP contribution in [0.2, 0.25) is 0 Å². The molecule has 29 heavy (non-hydrogen) atoms. The summed E-state index contributed by atoms with van der Waals surface area (Å²) < 4.78 is 11.2. The number of aromatic nitrogens is 1. The van der Waals surface area contributed by atoms with E-state index in [0.29, 0.717) is 19.6 Å². The van der Waals surface area contributed by atoms with E-state index < -0.39 is 0 Å². The first kappa shape index (κ1) is 16.9. The standard InChI is InChI=1S/C22H19N3O3S/c26-20-10-15-9-14(8-13-2-1-5-25(20)21(13)15)17-12-29-22(24-17)23-16-3-4-18-19(11-16)28-7-6-27-18/h3-4,8-9,11-12H,1-2,5-7,10H2,(H,23,24). The molecule has 0 spiro atoms.